The molecule has 4 N–H and O–H groups in total. The van der Waals surface area contributed by atoms with Gasteiger partial charge in [0, 0.05) is 18.7 Å². The monoisotopic (exact) mass is 440 g/mol. The molecule has 0 bridgehead atoms. The minimum atomic E-state index is -0.491. The maximum absolute atomic E-state index is 12.3. The molecule has 2 rings (SSSR count). The zero-order chi connectivity index (χ0) is 22.8. The van der Waals surface area contributed by atoms with E-state index in [9.17, 15) is 20.1 Å². The normalized spacial score (nSPS) is 10.1. The molecule has 160 valence electrons. The van der Waals surface area contributed by atoms with Crippen LogP contribution in [0.15, 0.2) is 29.3 Å². The summed E-state index contributed by atoms with van der Waals surface area (Å²) in [6, 6.07) is 10.4. The Morgan fingerprint density at radius 2 is 2.00 bits per heavy atom. The number of hydrogen-bond donors (Lipinski definition) is 3. The van der Waals surface area contributed by atoms with Gasteiger partial charge in [0.15, 0.2) is 6.79 Å². The summed E-state index contributed by atoms with van der Waals surface area (Å²) in [6.45, 7) is 0.164. The van der Waals surface area contributed by atoms with E-state index >= 15 is 0 Å². The van der Waals surface area contributed by atoms with Gasteiger partial charge in [0.05, 0.1) is 11.3 Å². The van der Waals surface area contributed by atoms with E-state index in [1.165, 1.54) is 0 Å². The van der Waals surface area contributed by atoms with Gasteiger partial charge in [0.2, 0.25) is 12.3 Å². The van der Waals surface area contributed by atoms with Gasteiger partial charge in [-0.25, -0.2) is 4.98 Å². The maximum Gasteiger partial charge on any atom is 0.239 e. The van der Waals surface area contributed by atoms with E-state index < -0.39 is 12.7 Å². The molecule has 0 radical (unpaired) electrons. The van der Waals surface area contributed by atoms with Crippen molar-refractivity contribution in [3.05, 3.63) is 35.4 Å². The number of nitriles is 2. The first-order valence-corrected chi connectivity index (χ1v) is 9.99. The van der Waals surface area contributed by atoms with Crippen LogP contribution in [-0.2, 0) is 9.59 Å². The Morgan fingerprint density at radius 1 is 1.32 bits per heavy atom. The summed E-state index contributed by atoms with van der Waals surface area (Å²) in [4.78, 5) is 28.7. The van der Waals surface area contributed by atoms with Gasteiger partial charge >= 0.3 is 0 Å². The molecule has 0 saturated carbocycles. The van der Waals surface area contributed by atoms with Crippen LogP contribution in [0.25, 0.3) is 11.1 Å². The third-order valence-corrected chi connectivity index (χ3v) is 5.13. The van der Waals surface area contributed by atoms with Crippen LogP contribution in [-0.4, -0.2) is 60.0 Å². The highest BCUT2D eigenvalue weighted by molar-refractivity contribution is 8.00. The predicted molar refractivity (Wildman–Crippen MR) is 114 cm³/mol. The largest absolute Gasteiger partial charge is 0.468 e. The second-order valence-electron chi connectivity index (χ2n) is 6.03. The van der Waals surface area contributed by atoms with Gasteiger partial charge in [0.1, 0.15) is 34.3 Å². The summed E-state index contributed by atoms with van der Waals surface area (Å²) in [6.07, 6.45) is 0.452. The number of nitrogens with two attached hydrogens (primary N) is 1. The molecule has 0 aliphatic rings. The Balaban J connectivity index is 2.42. The molecule has 1 aromatic carbocycles. The molecule has 0 spiro atoms. The average molecular weight is 440 g/mol. The third-order valence-electron chi connectivity index (χ3n) is 4.17. The SMILES string of the molecule is CNCCN(C=O)C(=O)CSc1nc(N)c(C#N)c(-c2ccc(OCO)cc2)c1C#N. The van der Waals surface area contributed by atoms with Gasteiger partial charge in [-0.1, -0.05) is 23.9 Å². The molecule has 11 heteroatoms. The van der Waals surface area contributed by atoms with Gasteiger partial charge in [0.25, 0.3) is 0 Å². The van der Waals surface area contributed by atoms with Crippen LogP contribution >= 0.6 is 11.8 Å². The fraction of sp³-hybridized carbons (Fsp3) is 0.250. The average Bonchev–Trinajstić information content (AvgIpc) is 2.78. The Bertz CT molecular complexity index is 1030. The molecule has 2 amide bonds. The van der Waals surface area contributed by atoms with Crippen LogP contribution < -0.4 is 15.8 Å². The van der Waals surface area contributed by atoms with Crippen LogP contribution in [0.3, 0.4) is 0 Å². The van der Waals surface area contributed by atoms with Crippen LogP contribution in [0.1, 0.15) is 11.1 Å². The van der Waals surface area contributed by atoms with E-state index in [0.717, 1.165) is 16.7 Å². The summed E-state index contributed by atoms with van der Waals surface area (Å²) in [7, 11) is 1.70. The molecule has 1 heterocycles. The fourth-order valence-corrected chi connectivity index (χ4v) is 3.55. The second-order valence-corrected chi connectivity index (χ2v) is 7.00. The Labute approximate surface area is 183 Å². The lowest BCUT2D eigenvalue weighted by Gasteiger charge is -2.16. The molecule has 10 nitrogen and oxygen atoms in total. The molecule has 2 aromatic rings. The predicted octanol–water partition coefficient (Wildman–Crippen LogP) is 0.699. The molecule has 0 atom stereocenters. The van der Waals surface area contributed by atoms with Crippen molar-refractivity contribution in [1.82, 2.24) is 15.2 Å². The number of aromatic nitrogens is 1. The highest BCUT2D eigenvalue weighted by Crippen LogP contribution is 2.36. The lowest BCUT2D eigenvalue weighted by molar-refractivity contribution is -0.135. The number of carbonyl (C=O) groups is 2. The van der Waals surface area contributed by atoms with Gasteiger partial charge in [-0.2, -0.15) is 10.5 Å². The van der Waals surface area contributed by atoms with Crippen molar-refractivity contribution < 1.29 is 19.4 Å². The summed E-state index contributed by atoms with van der Waals surface area (Å²) in [5, 5.41) is 31.2. The molecule has 0 unspecified atom stereocenters. The van der Waals surface area contributed by atoms with Crippen molar-refractivity contribution in [3.8, 4) is 29.0 Å². The number of rotatable bonds is 10. The van der Waals surface area contributed by atoms with Crippen molar-refractivity contribution in [1.29, 1.82) is 10.5 Å². The first-order valence-electron chi connectivity index (χ1n) is 9.00. The van der Waals surface area contributed by atoms with Gasteiger partial charge in [-0.05, 0) is 24.7 Å². The number of thioether (sulfide) groups is 1. The van der Waals surface area contributed by atoms with E-state index in [4.69, 9.17) is 15.6 Å². The first-order chi connectivity index (χ1) is 15.0. The molecule has 1 aromatic heterocycles. The number of nitrogen functional groups attached to an aromatic ring is 1. The first kappa shape index (κ1) is 23.6. The molecular weight excluding hydrogens is 420 g/mol. The summed E-state index contributed by atoms with van der Waals surface area (Å²) in [5.41, 5.74) is 6.88. The fourth-order valence-electron chi connectivity index (χ4n) is 2.67. The van der Waals surface area contributed by atoms with Crippen molar-refractivity contribution in [2.24, 2.45) is 0 Å². The van der Waals surface area contributed by atoms with E-state index in [1.54, 1.807) is 31.3 Å². The Hall–Kier alpha value is -3.64. The molecule has 0 aliphatic carbocycles. The number of ether oxygens (including phenoxy) is 1. The highest BCUT2D eigenvalue weighted by Gasteiger charge is 2.22. The highest BCUT2D eigenvalue weighted by atomic mass is 32.2. The van der Waals surface area contributed by atoms with Crippen molar-refractivity contribution in [2.45, 2.75) is 5.03 Å². The van der Waals surface area contributed by atoms with Crippen molar-refractivity contribution >= 4 is 29.9 Å². The Morgan fingerprint density at radius 3 is 2.55 bits per heavy atom. The number of aliphatic hydroxyl groups is 1. The zero-order valence-corrected chi connectivity index (χ0v) is 17.5. The van der Waals surface area contributed by atoms with Crippen LogP contribution in [0, 0.1) is 22.7 Å². The number of carbonyl (C=O) groups excluding carboxylic acids is 2. The summed E-state index contributed by atoms with van der Waals surface area (Å²) >= 11 is 0.959. The van der Waals surface area contributed by atoms with Crippen molar-refractivity contribution in [3.63, 3.8) is 0 Å². The van der Waals surface area contributed by atoms with E-state index in [2.05, 4.69) is 10.3 Å². The molecule has 0 aliphatic heterocycles. The lowest BCUT2D eigenvalue weighted by atomic mass is 9.97. The van der Waals surface area contributed by atoms with E-state index in [1.807, 2.05) is 12.1 Å². The van der Waals surface area contributed by atoms with E-state index in [-0.39, 0.29) is 39.8 Å². The number of imide groups is 1. The summed E-state index contributed by atoms with van der Waals surface area (Å²) in [5.74, 6) is -0.264. The third kappa shape index (κ3) is 5.71. The lowest BCUT2D eigenvalue weighted by Crippen LogP contribution is -2.36. The number of hydrogen-bond acceptors (Lipinski definition) is 10. The van der Waals surface area contributed by atoms with Crippen LogP contribution in [0.5, 0.6) is 5.75 Å². The zero-order valence-electron chi connectivity index (χ0n) is 16.7. The maximum atomic E-state index is 12.3. The summed E-state index contributed by atoms with van der Waals surface area (Å²) < 4.78 is 4.99. The van der Waals surface area contributed by atoms with Gasteiger partial charge in [-0.15, -0.1) is 0 Å². The van der Waals surface area contributed by atoms with Crippen LogP contribution in [0.4, 0.5) is 5.82 Å². The quantitative estimate of drug-likeness (QED) is 0.272. The molecule has 0 saturated heterocycles. The number of pyridine rings is 1. The van der Waals surface area contributed by atoms with Crippen molar-refractivity contribution in [2.75, 3.05) is 38.4 Å². The number of aliphatic hydroxyl groups excluding tert-OH is 1. The smallest absolute Gasteiger partial charge is 0.239 e. The Kier molecular flexibility index (Phi) is 8.78. The number of amides is 2. The van der Waals surface area contributed by atoms with Gasteiger partial charge in [-0.3, -0.25) is 14.5 Å². The molecule has 31 heavy (non-hydrogen) atoms. The number of likely N-dealkylation sites (N-methyl/N-ethyl adjacent to an activating group) is 1. The molecule has 0 fully saturated rings. The second kappa shape index (κ2) is 11.5. The number of nitrogens with one attached hydrogen (secondary N) is 1. The topological polar surface area (TPSA) is 165 Å². The number of nitrogens with zero attached hydrogens (tertiary/aromatic N) is 4. The minimum Gasteiger partial charge on any atom is -0.468 e. The standard InChI is InChI=1S/C20H20N6O4S/c1-24-6-7-26(11-27)17(29)10-31-20-16(9-22)18(15(8-21)19(23)25-20)13-2-4-14(5-3-13)30-12-28/h2-5,11,24,28H,6-7,10,12H2,1H3,(H2,23,25). The minimum absolute atomic E-state index is 0.0339. The van der Waals surface area contributed by atoms with Gasteiger partial charge < -0.3 is 20.9 Å². The molecular formula is C20H20N6O4S. The number of anilines is 1. The van der Waals surface area contributed by atoms with E-state index in [0.29, 0.717) is 24.3 Å². The van der Waals surface area contributed by atoms with Crippen LogP contribution in [0.2, 0.25) is 0 Å². The number of benzene rings is 1.